The Labute approximate surface area is 99.9 Å². The summed E-state index contributed by atoms with van der Waals surface area (Å²) in [7, 11) is -1.87. The number of aromatic nitrogens is 1. The number of ether oxygens (including phenoxy) is 1. The second-order valence-electron chi connectivity index (χ2n) is 3.64. The van der Waals surface area contributed by atoms with Crippen LogP contribution in [0.25, 0.3) is 0 Å². The van der Waals surface area contributed by atoms with Crippen molar-refractivity contribution in [3.63, 3.8) is 0 Å². The van der Waals surface area contributed by atoms with E-state index < -0.39 is 10.0 Å². The van der Waals surface area contributed by atoms with Crippen LogP contribution in [0.2, 0.25) is 0 Å². The molecule has 0 fully saturated rings. The number of rotatable bonds is 6. The molecule has 1 rings (SSSR count). The number of sulfonamides is 1. The standard InChI is InChI=1S/C9H16N2O3S2/c1-7(2)8-6-10-9(15-8)11-16(12,13)5-4-14-3/h6-7H,4-5H2,1-3H3,(H,10,11). The lowest BCUT2D eigenvalue weighted by Crippen LogP contribution is -2.19. The predicted molar refractivity (Wildman–Crippen MR) is 65.5 cm³/mol. The maximum absolute atomic E-state index is 11.5. The fourth-order valence-electron chi connectivity index (χ4n) is 0.978. The molecule has 0 radical (unpaired) electrons. The summed E-state index contributed by atoms with van der Waals surface area (Å²) in [5, 5.41) is 0.416. The maximum Gasteiger partial charge on any atom is 0.236 e. The first kappa shape index (κ1) is 13.4. The van der Waals surface area contributed by atoms with Crippen molar-refractivity contribution in [3.05, 3.63) is 11.1 Å². The molecule has 7 heteroatoms. The molecule has 0 aliphatic rings. The van der Waals surface area contributed by atoms with Gasteiger partial charge in [0.25, 0.3) is 0 Å². The average Bonchev–Trinajstić information content (AvgIpc) is 2.62. The quantitative estimate of drug-likeness (QED) is 0.848. The van der Waals surface area contributed by atoms with E-state index in [-0.39, 0.29) is 12.4 Å². The van der Waals surface area contributed by atoms with Gasteiger partial charge in [0.05, 0.1) is 12.4 Å². The van der Waals surface area contributed by atoms with Crippen molar-refractivity contribution in [1.29, 1.82) is 0 Å². The summed E-state index contributed by atoms with van der Waals surface area (Å²) in [6, 6.07) is 0. The normalized spacial score (nSPS) is 12.0. The van der Waals surface area contributed by atoms with Gasteiger partial charge in [-0.05, 0) is 5.92 Å². The van der Waals surface area contributed by atoms with Crippen molar-refractivity contribution in [2.45, 2.75) is 19.8 Å². The van der Waals surface area contributed by atoms with Crippen LogP contribution in [-0.4, -0.2) is 32.9 Å². The van der Waals surface area contributed by atoms with Gasteiger partial charge in [-0.15, -0.1) is 11.3 Å². The summed E-state index contributed by atoms with van der Waals surface area (Å²) in [6.07, 6.45) is 1.70. The van der Waals surface area contributed by atoms with Gasteiger partial charge < -0.3 is 4.74 Å². The molecule has 1 heterocycles. The Morgan fingerprint density at radius 1 is 1.56 bits per heavy atom. The molecule has 1 N–H and O–H groups in total. The summed E-state index contributed by atoms with van der Waals surface area (Å²) in [5.41, 5.74) is 0. The van der Waals surface area contributed by atoms with Crippen LogP contribution in [-0.2, 0) is 14.8 Å². The van der Waals surface area contributed by atoms with Gasteiger partial charge in [0.1, 0.15) is 0 Å². The second kappa shape index (κ2) is 5.60. The topological polar surface area (TPSA) is 68.3 Å². The van der Waals surface area contributed by atoms with Gasteiger partial charge in [0, 0.05) is 18.2 Å². The van der Waals surface area contributed by atoms with E-state index in [0.29, 0.717) is 11.0 Å². The van der Waals surface area contributed by atoms with Crippen molar-refractivity contribution < 1.29 is 13.2 Å². The first-order valence-corrected chi connectivity index (χ1v) is 7.36. The Balaban J connectivity index is 2.65. The number of nitrogens with zero attached hydrogens (tertiary/aromatic N) is 1. The van der Waals surface area contributed by atoms with Crippen molar-refractivity contribution >= 4 is 26.5 Å². The number of nitrogens with one attached hydrogen (secondary N) is 1. The monoisotopic (exact) mass is 264 g/mol. The minimum absolute atomic E-state index is 0.0555. The van der Waals surface area contributed by atoms with Crippen molar-refractivity contribution in [3.8, 4) is 0 Å². The van der Waals surface area contributed by atoms with Gasteiger partial charge in [-0.3, -0.25) is 4.72 Å². The van der Waals surface area contributed by atoms with Crippen molar-refractivity contribution in [1.82, 2.24) is 4.98 Å². The van der Waals surface area contributed by atoms with Crippen LogP contribution in [0, 0.1) is 0 Å². The lowest BCUT2D eigenvalue weighted by atomic mass is 10.2. The van der Waals surface area contributed by atoms with Gasteiger partial charge in [0.15, 0.2) is 5.13 Å². The van der Waals surface area contributed by atoms with E-state index in [1.807, 2.05) is 13.8 Å². The van der Waals surface area contributed by atoms with Gasteiger partial charge in [0.2, 0.25) is 10.0 Å². The zero-order valence-corrected chi connectivity index (χ0v) is 11.2. The summed E-state index contributed by atoms with van der Waals surface area (Å²) in [4.78, 5) is 5.08. The van der Waals surface area contributed by atoms with Crippen LogP contribution < -0.4 is 4.72 Å². The summed E-state index contributed by atoms with van der Waals surface area (Å²) >= 11 is 1.36. The van der Waals surface area contributed by atoms with E-state index >= 15 is 0 Å². The number of methoxy groups -OCH3 is 1. The molecule has 0 saturated heterocycles. The molecule has 0 aliphatic carbocycles. The smallest absolute Gasteiger partial charge is 0.236 e. The number of thiazole rings is 1. The van der Waals surface area contributed by atoms with E-state index in [4.69, 9.17) is 4.74 Å². The fourth-order valence-corrected chi connectivity index (χ4v) is 3.00. The molecule has 1 aromatic heterocycles. The summed E-state index contributed by atoms with van der Waals surface area (Å²) in [5.74, 6) is 0.301. The molecule has 0 spiro atoms. The highest BCUT2D eigenvalue weighted by Crippen LogP contribution is 2.25. The van der Waals surface area contributed by atoms with Crippen molar-refractivity contribution in [2.75, 3.05) is 24.2 Å². The summed E-state index contributed by atoms with van der Waals surface area (Å²) in [6.45, 7) is 4.26. The SMILES string of the molecule is COCCS(=O)(=O)Nc1ncc(C(C)C)s1. The van der Waals surface area contributed by atoms with Crippen LogP contribution in [0.15, 0.2) is 6.20 Å². The lowest BCUT2D eigenvalue weighted by Gasteiger charge is -2.03. The largest absolute Gasteiger partial charge is 0.384 e. The number of hydrogen-bond donors (Lipinski definition) is 1. The Bertz CT molecular complexity index is 426. The lowest BCUT2D eigenvalue weighted by molar-refractivity contribution is 0.217. The highest BCUT2D eigenvalue weighted by atomic mass is 32.2. The van der Waals surface area contributed by atoms with Crippen LogP contribution >= 0.6 is 11.3 Å². The fraction of sp³-hybridized carbons (Fsp3) is 0.667. The number of anilines is 1. The molecule has 92 valence electrons. The van der Waals surface area contributed by atoms with Gasteiger partial charge in [-0.2, -0.15) is 0 Å². The maximum atomic E-state index is 11.5. The molecule has 0 unspecified atom stereocenters. The molecule has 1 aromatic rings. The Morgan fingerprint density at radius 2 is 2.25 bits per heavy atom. The third-order valence-electron chi connectivity index (χ3n) is 1.89. The van der Waals surface area contributed by atoms with E-state index in [1.165, 1.54) is 18.4 Å². The second-order valence-corrected chi connectivity index (χ2v) is 6.54. The first-order chi connectivity index (χ1) is 7.44. The minimum Gasteiger partial charge on any atom is -0.384 e. The highest BCUT2D eigenvalue weighted by Gasteiger charge is 2.13. The molecule has 0 aromatic carbocycles. The third-order valence-corrected chi connectivity index (χ3v) is 4.44. The summed E-state index contributed by atoms with van der Waals surface area (Å²) < 4.78 is 30.2. The van der Waals surface area contributed by atoms with E-state index in [1.54, 1.807) is 6.20 Å². The Hall–Kier alpha value is -0.660. The van der Waals surface area contributed by atoms with E-state index in [2.05, 4.69) is 9.71 Å². The van der Waals surface area contributed by atoms with E-state index in [0.717, 1.165) is 4.88 Å². The van der Waals surface area contributed by atoms with Crippen LogP contribution in [0.4, 0.5) is 5.13 Å². The van der Waals surface area contributed by atoms with Gasteiger partial charge in [-0.25, -0.2) is 13.4 Å². The van der Waals surface area contributed by atoms with Gasteiger partial charge in [-0.1, -0.05) is 13.8 Å². The molecule has 0 bridgehead atoms. The molecule has 0 aliphatic heterocycles. The minimum atomic E-state index is -3.34. The molecule has 0 atom stereocenters. The highest BCUT2D eigenvalue weighted by molar-refractivity contribution is 7.92. The average molecular weight is 264 g/mol. The molecular weight excluding hydrogens is 248 g/mol. The Morgan fingerprint density at radius 3 is 2.75 bits per heavy atom. The van der Waals surface area contributed by atoms with Crippen LogP contribution in [0.1, 0.15) is 24.6 Å². The molecule has 0 amide bonds. The molecule has 5 nitrogen and oxygen atoms in total. The zero-order chi connectivity index (χ0) is 12.2. The molecule has 0 saturated carbocycles. The Kier molecular flexibility index (Phi) is 4.69. The van der Waals surface area contributed by atoms with Crippen LogP contribution in [0.5, 0.6) is 0 Å². The third kappa shape index (κ3) is 4.07. The first-order valence-electron chi connectivity index (χ1n) is 4.90. The van der Waals surface area contributed by atoms with Gasteiger partial charge >= 0.3 is 0 Å². The number of hydrogen-bond acceptors (Lipinski definition) is 5. The molecular formula is C9H16N2O3S2. The predicted octanol–water partition coefficient (Wildman–Crippen LogP) is 1.65. The van der Waals surface area contributed by atoms with Crippen LogP contribution in [0.3, 0.4) is 0 Å². The molecule has 16 heavy (non-hydrogen) atoms. The van der Waals surface area contributed by atoms with Crippen molar-refractivity contribution in [2.24, 2.45) is 0 Å². The van der Waals surface area contributed by atoms with E-state index in [9.17, 15) is 8.42 Å². The zero-order valence-electron chi connectivity index (χ0n) is 9.56.